The average Bonchev–Trinajstić information content (AvgIpc) is 2.48. The van der Waals surface area contributed by atoms with Crippen LogP contribution in [0.3, 0.4) is 0 Å². The van der Waals surface area contributed by atoms with Crippen molar-refractivity contribution in [1.82, 2.24) is 5.32 Å². The van der Waals surface area contributed by atoms with Gasteiger partial charge in [0.2, 0.25) is 5.91 Å². The minimum Gasteiger partial charge on any atom is -0.356 e. The van der Waals surface area contributed by atoms with Crippen LogP contribution in [-0.4, -0.2) is 12.5 Å². The summed E-state index contributed by atoms with van der Waals surface area (Å²) in [5, 5.41) is 2.88. The molecule has 1 heterocycles. The molecule has 0 spiro atoms. The van der Waals surface area contributed by atoms with Gasteiger partial charge < -0.3 is 5.32 Å². The normalized spacial score (nSPS) is 18.9. The summed E-state index contributed by atoms with van der Waals surface area (Å²) in [6.45, 7) is 0.796. The Hall–Kier alpha value is -2.09. The van der Waals surface area contributed by atoms with Gasteiger partial charge in [0.15, 0.2) is 0 Å². The molecule has 2 nitrogen and oxygen atoms in total. The van der Waals surface area contributed by atoms with Gasteiger partial charge in [0.05, 0.1) is 0 Å². The van der Waals surface area contributed by atoms with Gasteiger partial charge in [-0.05, 0) is 29.0 Å². The fourth-order valence-electron chi connectivity index (χ4n) is 2.65. The molecular weight excluding hydrogens is 234 g/mol. The molecule has 1 unspecified atom stereocenters. The number of hydrogen-bond donors (Lipinski definition) is 1. The summed E-state index contributed by atoms with van der Waals surface area (Å²) < 4.78 is 0. The SMILES string of the molecule is O=C1CC(c2ccc(-c3ccccc3)cc2)CCN1. The third kappa shape index (κ3) is 2.68. The van der Waals surface area contributed by atoms with Crippen LogP contribution in [0.15, 0.2) is 54.6 Å². The van der Waals surface area contributed by atoms with Gasteiger partial charge >= 0.3 is 0 Å². The van der Waals surface area contributed by atoms with Crippen LogP contribution in [0.25, 0.3) is 11.1 Å². The first kappa shape index (κ1) is 12.0. The number of carbonyl (C=O) groups excluding carboxylic acids is 1. The number of benzene rings is 2. The van der Waals surface area contributed by atoms with E-state index in [1.165, 1.54) is 16.7 Å². The molecule has 1 aliphatic heterocycles. The Bertz CT molecular complexity index is 560. The highest BCUT2D eigenvalue weighted by atomic mass is 16.1. The van der Waals surface area contributed by atoms with Crippen LogP contribution >= 0.6 is 0 Å². The van der Waals surface area contributed by atoms with Gasteiger partial charge in [-0.15, -0.1) is 0 Å². The van der Waals surface area contributed by atoms with E-state index in [4.69, 9.17) is 0 Å². The number of piperidine rings is 1. The van der Waals surface area contributed by atoms with Gasteiger partial charge in [-0.2, -0.15) is 0 Å². The largest absolute Gasteiger partial charge is 0.356 e. The Morgan fingerprint density at radius 3 is 2.26 bits per heavy atom. The van der Waals surface area contributed by atoms with Crippen LogP contribution in [0.4, 0.5) is 0 Å². The maximum atomic E-state index is 11.4. The van der Waals surface area contributed by atoms with Crippen molar-refractivity contribution in [3.8, 4) is 11.1 Å². The maximum Gasteiger partial charge on any atom is 0.220 e. The Morgan fingerprint density at radius 1 is 0.895 bits per heavy atom. The lowest BCUT2D eigenvalue weighted by atomic mass is 9.89. The lowest BCUT2D eigenvalue weighted by Gasteiger charge is -2.22. The van der Waals surface area contributed by atoms with Crippen LogP contribution in [0.1, 0.15) is 24.3 Å². The lowest BCUT2D eigenvalue weighted by Crippen LogP contribution is -2.32. The van der Waals surface area contributed by atoms with E-state index in [9.17, 15) is 4.79 Å². The predicted molar refractivity (Wildman–Crippen MR) is 76.9 cm³/mol. The minimum absolute atomic E-state index is 0.170. The predicted octanol–water partition coefficient (Wildman–Crippen LogP) is 3.35. The summed E-state index contributed by atoms with van der Waals surface area (Å²) in [6.07, 6.45) is 1.65. The van der Waals surface area contributed by atoms with Crippen molar-refractivity contribution in [2.24, 2.45) is 0 Å². The summed E-state index contributed by atoms with van der Waals surface area (Å²) in [4.78, 5) is 11.4. The van der Waals surface area contributed by atoms with E-state index in [0.717, 1.165) is 13.0 Å². The molecular formula is C17H17NO. The van der Waals surface area contributed by atoms with E-state index in [0.29, 0.717) is 12.3 Å². The molecule has 1 N–H and O–H groups in total. The second-order valence-electron chi connectivity index (χ2n) is 5.03. The number of rotatable bonds is 2. The van der Waals surface area contributed by atoms with Gasteiger partial charge in [0.25, 0.3) is 0 Å². The Balaban J connectivity index is 1.81. The van der Waals surface area contributed by atoms with E-state index in [1.807, 2.05) is 6.07 Å². The summed E-state index contributed by atoms with van der Waals surface area (Å²) in [6, 6.07) is 19.0. The highest BCUT2D eigenvalue weighted by molar-refractivity contribution is 5.77. The molecule has 2 aromatic carbocycles. The highest BCUT2D eigenvalue weighted by Crippen LogP contribution is 2.28. The van der Waals surface area contributed by atoms with Gasteiger partial charge in [-0.25, -0.2) is 0 Å². The van der Waals surface area contributed by atoms with Crippen molar-refractivity contribution < 1.29 is 4.79 Å². The first-order chi connectivity index (χ1) is 9.33. The minimum atomic E-state index is 0.170. The molecule has 96 valence electrons. The zero-order chi connectivity index (χ0) is 13.1. The fourth-order valence-corrected chi connectivity index (χ4v) is 2.65. The van der Waals surface area contributed by atoms with Crippen LogP contribution in [-0.2, 0) is 4.79 Å². The molecule has 3 rings (SSSR count). The van der Waals surface area contributed by atoms with Crippen LogP contribution in [0.2, 0.25) is 0 Å². The van der Waals surface area contributed by atoms with Crippen LogP contribution < -0.4 is 5.32 Å². The maximum absolute atomic E-state index is 11.4. The fraction of sp³-hybridized carbons (Fsp3) is 0.235. The standard InChI is InChI=1S/C17H17NO/c19-17-12-16(10-11-18-17)15-8-6-14(7-9-15)13-4-2-1-3-5-13/h1-9,16H,10-12H2,(H,18,19). The molecule has 1 amide bonds. The van der Waals surface area contributed by atoms with Crippen molar-refractivity contribution in [2.75, 3.05) is 6.54 Å². The van der Waals surface area contributed by atoms with Crippen molar-refractivity contribution in [3.05, 3.63) is 60.2 Å². The van der Waals surface area contributed by atoms with Crippen molar-refractivity contribution in [3.63, 3.8) is 0 Å². The molecule has 1 aliphatic rings. The lowest BCUT2D eigenvalue weighted by molar-refractivity contribution is -0.122. The molecule has 0 saturated carbocycles. The molecule has 1 saturated heterocycles. The Kier molecular flexibility index (Phi) is 3.32. The van der Waals surface area contributed by atoms with Crippen LogP contribution in [0, 0.1) is 0 Å². The van der Waals surface area contributed by atoms with Crippen molar-refractivity contribution >= 4 is 5.91 Å². The topological polar surface area (TPSA) is 29.1 Å². The number of nitrogens with one attached hydrogen (secondary N) is 1. The molecule has 2 heteroatoms. The highest BCUT2D eigenvalue weighted by Gasteiger charge is 2.20. The van der Waals surface area contributed by atoms with E-state index < -0.39 is 0 Å². The van der Waals surface area contributed by atoms with Gasteiger partial charge in [-0.1, -0.05) is 54.6 Å². The third-order valence-electron chi connectivity index (χ3n) is 3.74. The molecule has 19 heavy (non-hydrogen) atoms. The molecule has 1 atom stereocenters. The summed E-state index contributed by atoms with van der Waals surface area (Å²) in [5.41, 5.74) is 3.73. The van der Waals surface area contributed by atoms with Gasteiger partial charge in [0.1, 0.15) is 0 Å². The van der Waals surface area contributed by atoms with E-state index in [1.54, 1.807) is 0 Å². The summed E-state index contributed by atoms with van der Waals surface area (Å²) in [5.74, 6) is 0.543. The second kappa shape index (κ2) is 5.27. The van der Waals surface area contributed by atoms with Gasteiger partial charge in [-0.3, -0.25) is 4.79 Å². The number of carbonyl (C=O) groups is 1. The Labute approximate surface area is 113 Å². The van der Waals surface area contributed by atoms with E-state index in [2.05, 4.69) is 53.8 Å². The first-order valence-electron chi connectivity index (χ1n) is 6.75. The molecule has 0 aliphatic carbocycles. The number of hydrogen-bond acceptors (Lipinski definition) is 1. The molecule has 1 fully saturated rings. The Morgan fingerprint density at radius 2 is 1.58 bits per heavy atom. The smallest absolute Gasteiger partial charge is 0.220 e. The van der Waals surface area contributed by atoms with Crippen molar-refractivity contribution in [2.45, 2.75) is 18.8 Å². The molecule has 0 aromatic heterocycles. The van der Waals surface area contributed by atoms with E-state index >= 15 is 0 Å². The molecule has 0 bridgehead atoms. The zero-order valence-corrected chi connectivity index (χ0v) is 10.8. The molecule has 2 aromatic rings. The summed E-state index contributed by atoms with van der Waals surface area (Å²) >= 11 is 0. The zero-order valence-electron chi connectivity index (χ0n) is 10.8. The summed E-state index contributed by atoms with van der Waals surface area (Å²) in [7, 11) is 0. The van der Waals surface area contributed by atoms with Crippen LogP contribution in [0.5, 0.6) is 0 Å². The monoisotopic (exact) mass is 251 g/mol. The quantitative estimate of drug-likeness (QED) is 0.871. The van der Waals surface area contributed by atoms with E-state index in [-0.39, 0.29) is 5.91 Å². The number of amides is 1. The van der Waals surface area contributed by atoms with Crippen molar-refractivity contribution in [1.29, 1.82) is 0 Å². The molecule has 0 radical (unpaired) electrons. The second-order valence-corrected chi connectivity index (χ2v) is 5.03. The third-order valence-corrected chi connectivity index (χ3v) is 3.74. The van der Waals surface area contributed by atoms with Gasteiger partial charge in [0, 0.05) is 13.0 Å². The first-order valence-corrected chi connectivity index (χ1v) is 6.75. The average molecular weight is 251 g/mol.